The highest BCUT2D eigenvalue weighted by Gasteiger charge is 2.17. The molecule has 1 fully saturated rings. The normalized spacial score (nSPS) is 14.9. The molecule has 0 unspecified atom stereocenters. The van der Waals surface area contributed by atoms with Crippen LogP contribution in [-0.4, -0.2) is 13.0 Å². The van der Waals surface area contributed by atoms with Gasteiger partial charge in [-0.05, 0) is 47.9 Å². The lowest BCUT2D eigenvalue weighted by molar-refractivity contribution is 0.102. The summed E-state index contributed by atoms with van der Waals surface area (Å²) in [4.78, 5) is 12.8. The first-order chi connectivity index (χ1) is 13.3. The number of carbonyl (C=O) groups excluding carboxylic acids is 1. The molecule has 0 aliphatic heterocycles. The minimum atomic E-state index is -0.150. The van der Waals surface area contributed by atoms with Crippen LogP contribution in [0.3, 0.4) is 0 Å². The third-order valence-electron chi connectivity index (χ3n) is 5.57. The highest BCUT2D eigenvalue weighted by molar-refractivity contribution is 6.10. The van der Waals surface area contributed by atoms with Crippen molar-refractivity contribution in [2.75, 3.05) is 12.4 Å². The Bertz CT molecular complexity index is 940. The van der Waals surface area contributed by atoms with Gasteiger partial charge >= 0.3 is 0 Å². The van der Waals surface area contributed by atoms with Gasteiger partial charge in [0.2, 0.25) is 0 Å². The molecule has 0 spiro atoms. The summed E-state index contributed by atoms with van der Waals surface area (Å²) in [6.45, 7) is 0. The van der Waals surface area contributed by atoms with E-state index in [0.29, 0.717) is 17.2 Å². The minimum Gasteiger partial charge on any atom is -0.495 e. The first-order valence-corrected chi connectivity index (χ1v) is 9.73. The predicted octanol–water partition coefficient (Wildman–Crippen LogP) is 6.15. The summed E-state index contributed by atoms with van der Waals surface area (Å²) in [6, 6.07) is 20.0. The zero-order valence-electron chi connectivity index (χ0n) is 15.7. The number of benzene rings is 3. The smallest absolute Gasteiger partial charge is 0.259 e. The molecule has 3 heteroatoms. The van der Waals surface area contributed by atoms with Crippen molar-refractivity contribution < 1.29 is 9.53 Å². The highest BCUT2D eigenvalue weighted by atomic mass is 16.5. The lowest BCUT2D eigenvalue weighted by Gasteiger charge is -2.22. The zero-order chi connectivity index (χ0) is 18.6. The lowest BCUT2D eigenvalue weighted by Crippen LogP contribution is -2.13. The molecule has 1 aliphatic carbocycles. The SMILES string of the molecule is COc1c(C(=O)Nc2ccc(C3CCCCC3)cc2)ccc2ccccc12. The van der Waals surface area contributed by atoms with Gasteiger partial charge in [-0.15, -0.1) is 0 Å². The fraction of sp³-hybridized carbons (Fsp3) is 0.292. The zero-order valence-corrected chi connectivity index (χ0v) is 15.7. The molecule has 138 valence electrons. The van der Waals surface area contributed by atoms with Crippen LogP contribution in [0.4, 0.5) is 5.69 Å². The quantitative estimate of drug-likeness (QED) is 0.607. The fourth-order valence-electron chi connectivity index (χ4n) is 4.11. The molecule has 0 radical (unpaired) electrons. The van der Waals surface area contributed by atoms with Crippen LogP contribution >= 0.6 is 0 Å². The second-order valence-electron chi connectivity index (χ2n) is 7.28. The van der Waals surface area contributed by atoms with Gasteiger partial charge in [-0.25, -0.2) is 0 Å². The van der Waals surface area contributed by atoms with Crippen molar-refractivity contribution >= 4 is 22.4 Å². The molecular formula is C24H25NO2. The first-order valence-electron chi connectivity index (χ1n) is 9.73. The number of hydrogen-bond donors (Lipinski definition) is 1. The summed E-state index contributed by atoms with van der Waals surface area (Å²) in [5.74, 6) is 1.14. The van der Waals surface area contributed by atoms with Crippen molar-refractivity contribution in [3.8, 4) is 5.75 Å². The van der Waals surface area contributed by atoms with E-state index in [9.17, 15) is 4.79 Å². The third kappa shape index (κ3) is 3.68. The average molecular weight is 359 g/mol. The molecule has 0 heterocycles. The van der Waals surface area contributed by atoms with Gasteiger partial charge in [-0.3, -0.25) is 4.79 Å². The van der Waals surface area contributed by atoms with Gasteiger partial charge in [-0.1, -0.05) is 61.7 Å². The number of rotatable bonds is 4. The third-order valence-corrected chi connectivity index (χ3v) is 5.57. The van der Waals surface area contributed by atoms with Gasteiger partial charge in [0.25, 0.3) is 5.91 Å². The number of nitrogens with one attached hydrogen (secondary N) is 1. The van der Waals surface area contributed by atoms with Crippen molar-refractivity contribution in [1.82, 2.24) is 0 Å². The van der Waals surface area contributed by atoms with E-state index in [-0.39, 0.29) is 5.91 Å². The number of fused-ring (bicyclic) bond motifs is 1. The van der Waals surface area contributed by atoms with E-state index in [0.717, 1.165) is 16.5 Å². The van der Waals surface area contributed by atoms with Gasteiger partial charge in [0.15, 0.2) is 0 Å². The van der Waals surface area contributed by atoms with Crippen LogP contribution in [0, 0.1) is 0 Å². The lowest BCUT2D eigenvalue weighted by atomic mass is 9.84. The summed E-state index contributed by atoms with van der Waals surface area (Å²) < 4.78 is 5.56. The topological polar surface area (TPSA) is 38.3 Å². The highest BCUT2D eigenvalue weighted by Crippen LogP contribution is 2.33. The number of amides is 1. The number of hydrogen-bond acceptors (Lipinski definition) is 2. The predicted molar refractivity (Wildman–Crippen MR) is 111 cm³/mol. The molecule has 1 aliphatic rings. The summed E-state index contributed by atoms with van der Waals surface area (Å²) in [6.07, 6.45) is 6.56. The molecule has 27 heavy (non-hydrogen) atoms. The summed E-state index contributed by atoms with van der Waals surface area (Å²) in [5, 5.41) is 5.01. The molecule has 0 bridgehead atoms. The molecule has 1 N–H and O–H groups in total. The Labute approximate surface area is 160 Å². The van der Waals surface area contributed by atoms with Crippen LogP contribution < -0.4 is 10.1 Å². The van der Waals surface area contributed by atoms with Crippen LogP contribution in [0.15, 0.2) is 60.7 Å². The van der Waals surface area contributed by atoms with Crippen LogP contribution in [0.2, 0.25) is 0 Å². The molecule has 1 saturated carbocycles. The molecule has 0 atom stereocenters. The van der Waals surface area contributed by atoms with Crippen molar-refractivity contribution in [3.05, 3.63) is 71.8 Å². The van der Waals surface area contributed by atoms with Gasteiger partial charge < -0.3 is 10.1 Å². The number of ether oxygens (including phenoxy) is 1. The van der Waals surface area contributed by atoms with Gasteiger partial charge in [0.1, 0.15) is 5.75 Å². The Kier molecular flexibility index (Phi) is 5.10. The molecule has 4 rings (SSSR count). The molecule has 0 aromatic heterocycles. The van der Waals surface area contributed by atoms with Crippen LogP contribution in [0.5, 0.6) is 5.75 Å². The molecule has 0 saturated heterocycles. The number of carbonyl (C=O) groups is 1. The van der Waals surface area contributed by atoms with Gasteiger partial charge in [-0.2, -0.15) is 0 Å². The van der Waals surface area contributed by atoms with E-state index in [2.05, 4.69) is 17.4 Å². The summed E-state index contributed by atoms with van der Waals surface area (Å²) in [5.41, 5.74) is 2.75. The van der Waals surface area contributed by atoms with E-state index in [1.54, 1.807) is 7.11 Å². The maximum Gasteiger partial charge on any atom is 0.259 e. The van der Waals surface area contributed by atoms with Crippen molar-refractivity contribution in [3.63, 3.8) is 0 Å². The van der Waals surface area contributed by atoms with Crippen molar-refractivity contribution in [1.29, 1.82) is 0 Å². The van der Waals surface area contributed by atoms with Crippen molar-refractivity contribution in [2.45, 2.75) is 38.0 Å². The summed E-state index contributed by atoms with van der Waals surface area (Å²) in [7, 11) is 1.61. The second kappa shape index (κ2) is 7.83. The number of methoxy groups -OCH3 is 1. The Hall–Kier alpha value is -2.81. The van der Waals surface area contributed by atoms with E-state index in [1.165, 1.54) is 37.7 Å². The Morgan fingerprint density at radius 1 is 0.926 bits per heavy atom. The van der Waals surface area contributed by atoms with E-state index >= 15 is 0 Å². The van der Waals surface area contributed by atoms with Gasteiger partial charge in [0.05, 0.1) is 12.7 Å². The Balaban J connectivity index is 1.54. The Morgan fingerprint density at radius 2 is 1.67 bits per heavy atom. The minimum absolute atomic E-state index is 0.150. The average Bonchev–Trinajstić information content (AvgIpc) is 2.74. The first kappa shape index (κ1) is 17.6. The maximum absolute atomic E-state index is 12.8. The maximum atomic E-state index is 12.8. The van der Waals surface area contributed by atoms with Crippen LogP contribution in [0.25, 0.3) is 10.8 Å². The Morgan fingerprint density at radius 3 is 2.41 bits per heavy atom. The standard InChI is InChI=1S/C24H25NO2/c1-27-23-21-10-6-5-9-19(21)13-16-22(23)24(26)25-20-14-11-18(12-15-20)17-7-3-2-4-8-17/h5-6,9-17H,2-4,7-8H2,1H3,(H,25,26). The van der Waals surface area contributed by atoms with E-state index in [1.807, 2.05) is 48.5 Å². The molecule has 3 aromatic rings. The molecule has 3 aromatic carbocycles. The fourth-order valence-corrected chi connectivity index (χ4v) is 4.11. The monoisotopic (exact) mass is 359 g/mol. The van der Waals surface area contributed by atoms with E-state index in [4.69, 9.17) is 4.74 Å². The van der Waals surface area contributed by atoms with Crippen molar-refractivity contribution in [2.24, 2.45) is 0 Å². The second-order valence-corrected chi connectivity index (χ2v) is 7.28. The summed E-state index contributed by atoms with van der Waals surface area (Å²) >= 11 is 0. The molecular weight excluding hydrogens is 334 g/mol. The van der Waals surface area contributed by atoms with E-state index < -0.39 is 0 Å². The molecule has 3 nitrogen and oxygen atoms in total. The van der Waals surface area contributed by atoms with Gasteiger partial charge in [0, 0.05) is 11.1 Å². The van der Waals surface area contributed by atoms with Crippen LogP contribution in [0.1, 0.15) is 53.9 Å². The molecule has 1 amide bonds. The number of anilines is 1. The van der Waals surface area contributed by atoms with Crippen LogP contribution in [-0.2, 0) is 0 Å². The largest absolute Gasteiger partial charge is 0.495 e.